The number of benzene rings is 1. The lowest BCUT2D eigenvalue weighted by Gasteiger charge is -2.16. The number of rotatable bonds is 3. The van der Waals surface area contributed by atoms with Crippen LogP contribution in [0.25, 0.3) is 0 Å². The number of nitrogens with one attached hydrogen (secondary N) is 1. The molecule has 7 heteroatoms. The Balaban J connectivity index is 2.74. The highest BCUT2D eigenvalue weighted by molar-refractivity contribution is 6.33. The Kier molecular flexibility index (Phi) is 4.45. The number of hydrogen-bond donors (Lipinski definition) is 2. The molecular weight excluding hydrogens is 271 g/mol. The Hall–Kier alpha value is -1.43. The molecule has 0 bridgehead atoms. The summed E-state index contributed by atoms with van der Waals surface area (Å²) in [6.07, 6.45) is -5.48. The molecule has 1 rings (SSSR count). The number of aromatic hydroxyl groups is 1. The van der Waals surface area contributed by atoms with Crippen LogP contribution in [0.3, 0.4) is 0 Å². The van der Waals surface area contributed by atoms with Crippen LogP contribution in [0.5, 0.6) is 5.75 Å². The summed E-state index contributed by atoms with van der Waals surface area (Å²) in [6, 6.07) is 2.59. The fourth-order valence-corrected chi connectivity index (χ4v) is 1.59. The number of hydrogen-bond acceptors (Lipinski definition) is 2. The maximum Gasteiger partial charge on any atom is 0.391 e. The fraction of sp³-hybridized carbons (Fsp3) is 0.364. The second-order valence-electron chi connectivity index (χ2n) is 3.86. The molecular formula is C11H11ClF3NO2. The van der Waals surface area contributed by atoms with Crippen LogP contribution in [0.1, 0.15) is 23.7 Å². The molecule has 1 amide bonds. The van der Waals surface area contributed by atoms with Crippen molar-refractivity contribution in [2.45, 2.75) is 25.6 Å². The maximum absolute atomic E-state index is 12.1. The van der Waals surface area contributed by atoms with Gasteiger partial charge in [-0.15, -0.1) is 0 Å². The van der Waals surface area contributed by atoms with Gasteiger partial charge in [-0.1, -0.05) is 11.6 Å². The first-order valence-electron chi connectivity index (χ1n) is 5.05. The molecule has 0 saturated heterocycles. The van der Waals surface area contributed by atoms with Crippen LogP contribution >= 0.6 is 11.6 Å². The summed E-state index contributed by atoms with van der Waals surface area (Å²) in [4.78, 5) is 11.6. The standard InChI is InChI=1S/C11H11ClF3NO2/c1-6(5-11(13,14)15)16-10(18)8-4-7(17)2-3-9(8)12/h2-4,6,17H,5H2,1H3,(H,16,18). The summed E-state index contributed by atoms with van der Waals surface area (Å²) in [5.41, 5.74) is -0.0642. The molecule has 1 aromatic rings. The Labute approximate surface area is 107 Å². The lowest BCUT2D eigenvalue weighted by molar-refractivity contribution is -0.138. The fourth-order valence-electron chi connectivity index (χ4n) is 1.39. The molecule has 0 aliphatic heterocycles. The number of carbonyl (C=O) groups is 1. The predicted octanol–water partition coefficient (Wildman–Crippen LogP) is 3.12. The van der Waals surface area contributed by atoms with Gasteiger partial charge in [-0.25, -0.2) is 0 Å². The van der Waals surface area contributed by atoms with Crippen LogP contribution in [-0.2, 0) is 0 Å². The zero-order valence-electron chi connectivity index (χ0n) is 9.38. The molecule has 3 nitrogen and oxygen atoms in total. The highest BCUT2D eigenvalue weighted by Crippen LogP contribution is 2.23. The average Bonchev–Trinajstić information content (AvgIpc) is 2.18. The highest BCUT2D eigenvalue weighted by Gasteiger charge is 2.30. The number of amides is 1. The second kappa shape index (κ2) is 5.48. The van der Waals surface area contributed by atoms with E-state index in [0.717, 1.165) is 6.07 Å². The highest BCUT2D eigenvalue weighted by atomic mass is 35.5. The third-order valence-corrected chi connectivity index (χ3v) is 2.44. The summed E-state index contributed by atoms with van der Waals surface area (Å²) < 4.78 is 36.3. The van der Waals surface area contributed by atoms with Gasteiger partial charge >= 0.3 is 6.18 Å². The second-order valence-corrected chi connectivity index (χ2v) is 4.27. The topological polar surface area (TPSA) is 49.3 Å². The van der Waals surface area contributed by atoms with Crippen molar-refractivity contribution in [1.82, 2.24) is 5.32 Å². The molecule has 1 unspecified atom stereocenters. The molecule has 1 aromatic carbocycles. The van der Waals surface area contributed by atoms with Crippen molar-refractivity contribution in [1.29, 1.82) is 0 Å². The van der Waals surface area contributed by atoms with Crippen LogP contribution < -0.4 is 5.32 Å². The van der Waals surface area contributed by atoms with Gasteiger partial charge in [0.2, 0.25) is 0 Å². The SMILES string of the molecule is CC(CC(F)(F)F)NC(=O)c1cc(O)ccc1Cl. The normalized spacial score (nSPS) is 13.2. The van der Waals surface area contributed by atoms with Gasteiger partial charge in [0.1, 0.15) is 5.75 Å². The average molecular weight is 282 g/mol. The van der Waals surface area contributed by atoms with E-state index < -0.39 is 24.5 Å². The van der Waals surface area contributed by atoms with Crippen molar-refractivity contribution in [2.24, 2.45) is 0 Å². The molecule has 0 aliphatic carbocycles. The van der Waals surface area contributed by atoms with Crippen LogP contribution in [0.4, 0.5) is 13.2 Å². The number of phenols is 1. The number of alkyl halides is 3. The molecule has 0 aromatic heterocycles. The Bertz CT molecular complexity index is 448. The molecule has 2 N–H and O–H groups in total. The van der Waals surface area contributed by atoms with Gasteiger partial charge in [0, 0.05) is 6.04 Å². The van der Waals surface area contributed by atoms with Crippen molar-refractivity contribution in [3.63, 3.8) is 0 Å². The molecule has 0 radical (unpaired) electrons. The summed E-state index contributed by atoms with van der Waals surface area (Å²) in [6.45, 7) is 1.24. The van der Waals surface area contributed by atoms with E-state index in [1.165, 1.54) is 19.1 Å². The lowest BCUT2D eigenvalue weighted by atomic mass is 10.1. The molecule has 0 spiro atoms. The first kappa shape index (κ1) is 14.6. The lowest BCUT2D eigenvalue weighted by Crippen LogP contribution is -2.36. The van der Waals surface area contributed by atoms with Crippen molar-refractivity contribution < 1.29 is 23.1 Å². The zero-order chi connectivity index (χ0) is 13.9. The van der Waals surface area contributed by atoms with Crippen molar-refractivity contribution in [2.75, 3.05) is 0 Å². The smallest absolute Gasteiger partial charge is 0.391 e. The van der Waals surface area contributed by atoms with E-state index >= 15 is 0 Å². The van der Waals surface area contributed by atoms with E-state index in [9.17, 15) is 23.1 Å². The molecule has 100 valence electrons. The molecule has 0 fully saturated rings. The van der Waals surface area contributed by atoms with Crippen LogP contribution in [0, 0.1) is 0 Å². The molecule has 0 aliphatic rings. The van der Waals surface area contributed by atoms with E-state index in [1.54, 1.807) is 0 Å². The van der Waals surface area contributed by atoms with Crippen LogP contribution in [0.2, 0.25) is 5.02 Å². The minimum atomic E-state index is -4.35. The largest absolute Gasteiger partial charge is 0.508 e. The minimum absolute atomic E-state index is 0.0597. The molecule has 0 heterocycles. The zero-order valence-corrected chi connectivity index (χ0v) is 10.1. The first-order chi connectivity index (χ1) is 8.19. The van der Waals surface area contributed by atoms with Crippen molar-refractivity contribution >= 4 is 17.5 Å². The van der Waals surface area contributed by atoms with E-state index in [4.69, 9.17) is 11.6 Å². The number of phenolic OH excluding ortho intramolecular Hbond substituents is 1. The van der Waals surface area contributed by atoms with Crippen LogP contribution in [0.15, 0.2) is 18.2 Å². The first-order valence-corrected chi connectivity index (χ1v) is 5.43. The van der Waals surface area contributed by atoms with E-state index in [1.807, 2.05) is 0 Å². The Morgan fingerprint density at radius 1 is 1.50 bits per heavy atom. The van der Waals surface area contributed by atoms with Gasteiger partial charge in [-0.05, 0) is 25.1 Å². The van der Waals surface area contributed by atoms with Crippen molar-refractivity contribution in [3.8, 4) is 5.75 Å². The van der Waals surface area contributed by atoms with Gasteiger partial charge < -0.3 is 10.4 Å². The monoisotopic (exact) mass is 281 g/mol. The summed E-state index contributed by atoms with van der Waals surface area (Å²) in [7, 11) is 0. The van der Waals surface area contributed by atoms with Gasteiger partial charge in [-0.3, -0.25) is 4.79 Å². The van der Waals surface area contributed by atoms with Gasteiger partial charge in [0.25, 0.3) is 5.91 Å². The van der Waals surface area contributed by atoms with Crippen LogP contribution in [-0.4, -0.2) is 23.2 Å². The number of carbonyl (C=O) groups excluding carboxylic acids is 1. The van der Waals surface area contributed by atoms with Gasteiger partial charge in [-0.2, -0.15) is 13.2 Å². The van der Waals surface area contributed by atoms with E-state index in [2.05, 4.69) is 5.32 Å². The summed E-state index contributed by atoms with van der Waals surface area (Å²) >= 11 is 5.71. The van der Waals surface area contributed by atoms with Crippen molar-refractivity contribution in [3.05, 3.63) is 28.8 Å². The quantitative estimate of drug-likeness (QED) is 0.894. The predicted molar refractivity (Wildman–Crippen MR) is 60.7 cm³/mol. The van der Waals surface area contributed by atoms with E-state index in [-0.39, 0.29) is 16.3 Å². The molecule has 0 saturated carbocycles. The maximum atomic E-state index is 12.1. The molecule has 1 atom stereocenters. The number of halogens is 4. The minimum Gasteiger partial charge on any atom is -0.508 e. The third-order valence-electron chi connectivity index (χ3n) is 2.11. The summed E-state index contributed by atoms with van der Waals surface area (Å²) in [5.74, 6) is -0.944. The summed E-state index contributed by atoms with van der Waals surface area (Å²) in [5, 5.41) is 11.4. The van der Waals surface area contributed by atoms with E-state index in [0.29, 0.717) is 0 Å². The van der Waals surface area contributed by atoms with Gasteiger partial charge in [0.05, 0.1) is 17.0 Å². The molecule has 18 heavy (non-hydrogen) atoms. The Morgan fingerprint density at radius 3 is 2.67 bits per heavy atom. The Morgan fingerprint density at radius 2 is 2.11 bits per heavy atom. The third kappa shape index (κ3) is 4.44. The van der Waals surface area contributed by atoms with Gasteiger partial charge in [0.15, 0.2) is 0 Å².